The maximum Gasteiger partial charge on any atom is 0.240 e. The Bertz CT molecular complexity index is 455. The molecular formula is C14H19N3O. The second kappa shape index (κ2) is 6.06. The van der Waals surface area contributed by atoms with E-state index in [1.54, 1.807) is 0 Å². The summed E-state index contributed by atoms with van der Waals surface area (Å²) in [6, 6.07) is 9.80. The molecule has 96 valence electrons. The summed E-state index contributed by atoms with van der Waals surface area (Å²) in [4.78, 5) is 11.4. The average molecular weight is 245 g/mol. The van der Waals surface area contributed by atoms with Crippen molar-refractivity contribution in [3.05, 3.63) is 29.8 Å². The normalized spacial score (nSPS) is 10.6. The molecule has 4 heteroatoms. The lowest BCUT2D eigenvalue weighted by molar-refractivity contribution is -0.119. The zero-order valence-corrected chi connectivity index (χ0v) is 11.1. The van der Waals surface area contributed by atoms with Crippen LogP contribution < -0.4 is 10.6 Å². The van der Waals surface area contributed by atoms with Gasteiger partial charge in [-0.25, -0.2) is 0 Å². The minimum absolute atomic E-state index is 0.0206. The summed E-state index contributed by atoms with van der Waals surface area (Å²) >= 11 is 0. The van der Waals surface area contributed by atoms with Gasteiger partial charge in [0.05, 0.1) is 12.6 Å². The van der Waals surface area contributed by atoms with Crippen molar-refractivity contribution in [2.45, 2.75) is 26.2 Å². The Morgan fingerprint density at radius 3 is 2.61 bits per heavy atom. The molecule has 1 aromatic carbocycles. The highest BCUT2D eigenvalue weighted by Gasteiger charge is 2.17. The molecule has 0 aliphatic heterocycles. The van der Waals surface area contributed by atoms with E-state index in [4.69, 9.17) is 5.26 Å². The molecule has 1 rings (SSSR count). The quantitative estimate of drug-likeness (QED) is 0.798. The first kappa shape index (κ1) is 14.0. The molecular weight excluding hydrogens is 226 g/mol. The molecule has 0 aliphatic rings. The Morgan fingerprint density at radius 1 is 1.33 bits per heavy atom. The van der Waals surface area contributed by atoms with Gasteiger partial charge in [-0.1, -0.05) is 39.0 Å². The Kier molecular flexibility index (Phi) is 4.73. The Morgan fingerprint density at radius 2 is 2.00 bits per heavy atom. The number of nitrogens with one attached hydrogen (secondary N) is 2. The van der Waals surface area contributed by atoms with Crippen LogP contribution in [0.1, 0.15) is 26.3 Å². The highest BCUT2D eigenvalue weighted by molar-refractivity contribution is 5.81. The van der Waals surface area contributed by atoms with Gasteiger partial charge in [-0.2, -0.15) is 5.26 Å². The summed E-state index contributed by atoms with van der Waals surface area (Å²) in [7, 11) is 0. The number of para-hydroxylation sites is 1. The first-order valence-corrected chi connectivity index (χ1v) is 5.92. The van der Waals surface area contributed by atoms with Crippen LogP contribution in [0.4, 0.5) is 5.69 Å². The fourth-order valence-electron chi connectivity index (χ4n) is 1.67. The number of nitrogens with zero attached hydrogens (tertiary/aromatic N) is 1. The van der Waals surface area contributed by atoms with Crippen molar-refractivity contribution in [1.29, 1.82) is 5.26 Å². The van der Waals surface area contributed by atoms with Gasteiger partial charge in [-0.3, -0.25) is 4.79 Å². The molecule has 0 spiro atoms. The van der Waals surface area contributed by atoms with E-state index in [1.807, 2.05) is 24.3 Å². The van der Waals surface area contributed by atoms with Crippen LogP contribution in [0.15, 0.2) is 24.3 Å². The van der Waals surface area contributed by atoms with Crippen LogP contribution in [-0.4, -0.2) is 19.0 Å². The summed E-state index contributed by atoms with van der Waals surface area (Å²) in [5.74, 6) is -0.180. The van der Waals surface area contributed by atoms with Gasteiger partial charge >= 0.3 is 0 Å². The maximum absolute atomic E-state index is 11.4. The van der Waals surface area contributed by atoms with Gasteiger partial charge in [0.2, 0.25) is 5.91 Å². The van der Waals surface area contributed by atoms with Crippen molar-refractivity contribution < 1.29 is 4.79 Å². The van der Waals surface area contributed by atoms with Crippen LogP contribution in [0.5, 0.6) is 0 Å². The van der Waals surface area contributed by atoms with E-state index in [9.17, 15) is 4.79 Å². The number of carbonyl (C=O) groups excluding carboxylic acids is 1. The SMILES string of the molecule is CC(C)(C)c1ccccc1NCC(=O)NCC#N. The molecule has 0 atom stereocenters. The van der Waals surface area contributed by atoms with Crippen LogP contribution in [0.3, 0.4) is 0 Å². The largest absolute Gasteiger partial charge is 0.376 e. The lowest BCUT2D eigenvalue weighted by atomic mass is 9.86. The van der Waals surface area contributed by atoms with Crippen molar-refractivity contribution >= 4 is 11.6 Å². The molecule has 0 saturated carbocycles. The molecule has 2 N–H and O–H groups in total. The van der Waals surface area contributed by atoms with Gasteiger partial charge < -0.3 is 10.6 Å². The molecule has 4 nitrogen and oxygen atoms in total. The predicted molar refractivity (Wildman–Crippen MR) is 72.3 cm³/mol. The molecule has 0 fully saturated rings. The van der Waals surface area contributed by atoms with Crippen molar-refractivity contribution in [1.82, 2.24) is 5.32 Å². The third-order valence-electron chi connectivity index (χ3n) is 2.54. The van der Waals surface area contributed by atoms with Crippen molar-refractivity contribution in [2.75, 3.05) is 18.4 Å². The molecule has 0 bridgehead atoms. The number of nitriles is 1. The van der Waals surface area contributed by atoms with Crippen LogP contribution in [-0.2, 0) is 10.2 Å². The first-order valence-electron chi connectivity index (χ1n) is 5.92. The van der Waals surface area contributed by atoms with Gasteiger partial charge in [0.25, 0.3) is 0 Å². The van der Waals surface area contributed by atoms with Gasteiger partial charge in [0.15, 0.2) is 0 Å². The van der Waals surface area contributed by atoms with E-state index in [0.717, 1.165) is 11.3 Å². The first-order chi connectivity index (χ1) is 8.45. The molecule has 18 heavy (non-hydrogen) atoms. The second-order valence-corrected chi connectivity index (χ2v) is 5.08. The zero-order valence-electron chi connectivity index (χ0n) is 11.1. The van der Waals surface area contributed by atoms with Gasteiger partial charge in [-0.15, -0.1) is 0 Å². The molecule has 0 saturated heterocycles. The third-order valence-corrected chi connectivity index (χ3v) is 2.54. The molecule has 1 amide bonds. The van der Waals surface area contributed by atoms with Crippen LogP contribution in [0.25, 0.3) is 0 Å². The Balaban J connectivity index is 2.68. The number of rotatable bonds is 4. The molecule has 0 radical (unpaired) electrons. The van der Waals surface area contributed by atoms with Crippen LogP contribution in [0.2, 0.25) is 0 Å². The molecule has 0 heterocycles. The monoisotopic (exact) mass is 245 g/mol. The summed E-state index contributed by atoms with van der Waals surface area (Å²) in [6.07, 6.45) is 0. The van der Waals surface area contributed by atoms with Crippen molar-refractivity contribution in [3.63, 3.8) is 0 Å². The van der Waals surface area contributed by atoms with E-state index in [2.05, 4.69) is 37.5 Å². The lowest BCUT2D eigenvalue weighted by Gasteiger charge is -2.23. The summed E-state index contributed by atoms with van der Waals surface area (Å²) < 4.78 is 0. The molecule has 0 unspecified atom stereocenters. The molecule has 0 aliphatic carbocycles. The van der Waals surface area contributed by atoms with E-state index >= 15 is 0 Å². The minimum Gasteiger partial charge on any atom is -0.376 e. The summed E-state index contributed by atoms with van der Waals surface area (Å²) in [5.41, 5.74) is 2.14. The highest BCUT2D eigenvalue weighted by atomic mass is 16.1. The summed E-state index contributed by atoms with van der Waals surface area (Å²) in [5, 5.41) is 14.0. The minimum atomic E-state index is -0.180. The van der Waals surface area contributed by atoms with E-state index in [-0.39, 0.29) is 24.4 Å². The lowest BCUT2D eigenvalue weighted by Crippen LogP contribution is -2.30. The highest BCUT2D eigenvalue weighted by Crippen LogP contribution is 2.28. The molecule has 1 aromatic rings. The maximum atomic E-state index is 11.4. The average Bonchev–Trinajstić information content (AvgIpc) is 2.33. The van der Waals surface area contributed by atoms with Crippen molar-refractivity contribution in [3.8, 4) is 6.07 Å². The third kappa shape index (κ3) is 4.10. The standard InChI is InChI=1S/C14H19N3O/c1-14(2,3)11-6-4-5-7-12(11)17-10-13(18)16-9-8-15/h4-7,17H,9-10H2,1-3H3,(H,16,18). The second-order valence-electron chi connectivity index (χ2n) is 5.08. The fourth-order valence-corrected chi connectivity index (χ4v) is 1.67. The van der Waals surface area contributed by atoms with E-state index in [0.29, 0.717) is 0 Å². The predicted octanol–water partition coefficient (Wildman–Crippen LogP) is 2.04. The number of hydrogen-bond acceptors (Lipinski definition) is 3. The van der Waals surface area contributed by atoms with Gasteiger partial charge in [0.1, 0.15) is 6.54 Å². The fraction of sp³-hybridized carbons (Fsp3) is 0.429. The van der Waals surface area contributed by atoms with Crippen molar-refractivity contribution in [2.24, 2.45) is 0 Å². The number of hydrogen-bond donors (Lipinski definition) is 2. The van der Waals surface area contributed by atoms with Crippen LogP contribution in [0, 0.1) is 11.3 Å². The Hall–Kier alpha value is -2.02. The number of benzene rings is 1. The smallest absolute Gasteiger partial charge is 0.240 e. The number of carbonyl (C=O) groups is 1. The number of anilines is 1. The topological polar surface area (TPSA) is 64.9 Å². The van der Waals surface area contributed by atoms with Crippen LogP contribution >= 0.6 is 0 Å². The number of amides is 1. The van der Waals surface area contributed by atoms with E-state index < -0.39 is 0 Å². The van der Waals surface area contributed by atoms with E-state index in [1.165, 1.54) is 0 Å². The Labute approximate surface area is 108 Å². The van der Waals surface area contributed by atoms with Gasteiger partial charge in [-0.05, 0) is 17.0 Å². The molecule has 0 aromatic heterocycles. The zero-order chi connectivity index (χ0) is 13.6. The van der Waals surface area contributed by atoms with Gasteiger partial charge in [0, 0.05) is 5.69 Å². The summed E-state index contributed by atoms with van der Waals surface area (Å²) in [6.45, 7) is 6.60.